The number of nitriles is 1. The van der Waals surface area contributed by atoms with Crippen molar-refractivity contribution in [2.75, 3.05) is 0 Å². The minimum absolute atomic E-state index is 0.661. The first-order valence-electron chi connectivity index (χ1n) is 3.82. The highest BCUT2D eigenvalue weighted by Gasteiger charge is 2.05. The number of hydrogen-bond donors (Lipinski definition) is 0. The standard InChI is InChI=1S/C10H6BrNO/c11-5-8-4-9-7(6-12)2-1-3-10(9)13-8/h1-4H,5H2. The Balaban J connectivity index is 2.76. The van der Waals surface area contributed by atoms with E-state index in [0.717, 1.165) is 16.7 Å². The molecule has 0 aliphatic rings. The fourth-order valence-electron chi connectivity index (χ4n) is 1.28. The summed E-state index contributed by atoms with van der Waals surface area (Å²) in [7, 11) is 0. The molecule has 0 bridgehead atoms. The van der Waals surface area contributed by atoms with Gasteiger partial charge in [0.2, 0.25) is 0 Å². The first kappa shape index (κ1) is 8.33. The van der Waals surface area contributed by atoms with Crippen LogP contribution in [0.4, 0.5) is 0 Å². The molecule has 0 aliphatic carbocycles. The molecular weight excluding hydrogens is 230 g/mol. The predicted molar refractivity (Wildman–Crippen MR) is 53.6 cm³/mol. The molecule has 1 heterocycles. The maximum atomic E-state index is 8.81. The minimum Gasteiger partial charge on any atom is -0.460 e. The van der Waals surface area contributed by atoms with Crippen LogP contribution >= 0.6 is 15.9 Å². The second-order valence-electron chi connectivity index (χ2n) is 2.68. The number of nitrogens with zero attached hydrogens (tertiary/aromatic N) is 1. The number of furan rings is 1. The fraction of sp³-hybridized carbons (Fsp3) is 0.100. The third kappa shape index (κ3) is 1.34. The molecule has 2 aromatic rings. The number of rotatable bonds is 1. The Hall–Kier alpha value is -1.27. The number of alkyl halides is 1. The van der Waals surface area contributed by atoms with Crippen LogP contribution in [0.3, 0.4) is 0 Å². The van der Waals surface area contributed by atoms with Gasteiger partial charge in [-0.25, -0.2) is 0 Å². The maximum Gasteiger partial charge on any atom is 0.135 e. The average molecular weight is 236 g/mol. The molecule has 1 aromatic heterocycles. The van der Waals surface area contributed by atoms with E-state index >= 15 is 0 Å². The van der Waals surface area contributed by atoms with Gasteiger partial charge in [-0.1, -0.05) is 22.0 Å². The SMILES string of the molecule is N#Cc1cccc2oc(CBr)cc12. The Labute approximate surface area is 83.9 Å². The molecule has 2 rings (SSSR count). The molecule has 0 fully saturated rings. The number of fused-ring (bicyclic) bond motifs is 1. The van der Waals surface area contributed by atoms with Crippen molar-refractivity contribution in [1.29, 1.82) is 5.26 Å². The van der Waals surface area contributed by atoms with Crippen molar-refractivity contribution >= 4 is 26.9 Å². The quantitative estimate of drug-likeness (QED) is 0.713. The van der Waals surface area contributed by atoms with Crippen LogP contribution in [-0.2, 0) is 5.33 Å². The molecule has 64 valence electrons. The van der Waals surface area contributed by atoms with Gasteiger partial charge in [-0.05, 0) is 18.2 Å². The Morgan fingerprint density at radius 2 is 2.31 bits per heavy atom. The van der Waals surface area contributed by atoms with Crippen molar-refractivity contribution in [1.82, 2.24) is 0 Å². The molecule has 0 unspecified atom stereocenters. The molecule has 13 heavy (non-hydrogen) atoms. The molecule has 0 aliphatic heterocycles. The first-order valence-corrected chi connectivity index (χ1v) is 4.95. The molecule has 0 amide bonds. The summed E-state index contributed by atoms with van der Waals surface area (Å²) in [6, 6.07) is 9.50. The van der Waals surface area contributed by atoms with Crippen LogP contribution in [0.15, 0.2) is 28.7 Å². The highest BCUT2D eigenvalue weighted by Crippen LogP contribution is 2.23. The van der Waals surface area contributed by atoms with Crippen LogP contribution in [0.2, 0.25) is 0 Å². The lowest BCUT2D eigenvalue weighted by molar-refractivity contribution is 0.575. The van der Waals surface area contributed by atoms with Crippen molar-refractivity contribution in [2.45, 2.75) is 5.33 Å². The summed E-state index contributed by atoms with van der Waals surface area (Å²) in [4.78, 5) is 0. The van der Waals surface area contributed by atoms with Crippen molar-refractivity contribution in [2.24, 2.45) is 0 Å². The monoisotopic (exact) mass is 235 g/mol. The van der Waals surface area contributed by atoms with Gasteiger partial charge in [0.05, 0.1) is 17.0 Å². The zero-order chi connectivity index (χ0) is 9.26. The zero-order valence-corrected chi connectivity index (χ0v) is 8.34. The highest BCUT2D eigenvalue weighted by atomic mass is 79.9. The second-order valence-corrected chi connectivity index (χ2v) is 3.24. The van der Waals surface area contributed by atoms with E-state index in [9.17, 15) is 0 Å². The third-order valence-electron chi connectivity index (χ3n) is 1.86. The van der Waals surface area contributed by atoms with Gasteiger partial charge in [-0.3, -0.25) is 0 Å². The van der Waals surface area contributed by atoms with E-state index in [1.807, 2.05) is 18.2 Å². The molecule has 0 spiro atoms. The Morgan fingerprint density at radius 3 is 3.00 bits per heavy atom. The van der Waals surface area contributed by atoms with Crippen LogP contribution in [0, 0.1) is 11.3 Å². The maximum absolute atomic E-state index is 8.81. The van der Waals surface area contributed by atoms with Gasteiger partial charge in [0.25, 0.3) is 0 Å². The normalized spacial score (nSPS) is 10.2. The molecule has 1 aromatic carbocycles. The van der Waals surface area contributed by atoms with Gasteiger partial charge in [-0.2, -0.15) is 5.26 Å². The Bertz CT molecular complexity index is 481. The van der Waals surface area contributed by atoms with Gasteiger partial charge < -0.3 is 4.42 Å². The van der Waals surface area contributed by atoms with E-state index < -0.39 is 0 Å². The van der Waals surface area contributed by atoms with Crippen LogP contribution < -0.4 is 0 Å². The van der Waals surface area contributed by atoms with Gasteiger partial charge in [0.15, 0.2) is 0 Å². The van der Waals surface area contributed by atoms with E-state index in [0.29, 0.717) is 10.9 Å². The number of hydrogen-bond acceptors (Lipinski definition) is 2. The summed E-state index contributed by atoms with van der Waals surface area (Å²) in [6.45, 7) is 0. The zero-order valence-electron chi connectivity index (χ0n) is 6.75. The largest absolute Gasteiger partial charge is 0.460 e. The highest BCUT2D eigenvalue weighted by molar-refractivity contribution is 9.08. The molecule has 0 radical (unpaired) electrons. The Morgan fingerprint density at radius 1 is 1.46 bits per heavy atom. The lowest BCUT2D eigenvalue weighted by Crippen LogP contribution is -1.72. The van der Waals surface area contributed by atoms with Gasteiger partial charge in [0.1, 0.15) is 11.3 Å². The molecule has 0 saturated carbocycles. The summed E-state index contributed by atoms with van der Waals surface area (Å²) in [5.74, 6) is 0.845. The van der Waals surface area contributed by atoms with E-state index in [2.05, 4.69) is 22.0 Å². The predicted octanol–water partition coefficient (Wildman–Crippen LogP) is 3.20. The molecular formula is C10H6BrNO. The lowest BCUT2D eigenvalue weighted by atomic mass is 10.1. The van der Waals surface area contributed by atoms with E-state index in [4.69, 9.17) is 9.68 Å². The van der Waals surface area contributed by atoms with Crippen LogP contribution in [-0.4, -0.2) is 0 Å². The van der Waals surface area contributed by atoms with Gasteiger partial charge in [0, 0.05) is 5.39 Å². The van der Waals surface area contributed by atoms with Crippen molar-refractivity contribution in [3.8, 4) is 6.07 Å². The molecule has 3 heteroatoms. The first-order chi connectivity index (χ1) is 6.35. The second kappa shape index (κ2) is 3.23. The summed E-state index contributed by atoms with van der Waals surface area (Å²) < 4.78 is 5.46. The number of benzene rings is 1. The topological polar surface area (TPSA) is 36.9 Å². The smallest absolute Gasteiger partial charge is 0.135 e. The van der Waals surface area contributed by atoms with E-state index in [-0.39, 0.29) is 0 Å². The molecule has 0 N–H and O–H groups in total. The van der Waals surface area contributed by atoms with Crippen LogP contribution in [0.25, 0.3) is 11.0 Å². The van der Waals surface area contributed by atoms with E-state index in [1.54, 1.807) is 6.07 Å². The van der Waals surface area contributed by atoms with Gasteiger partial charge >= 0.3 is 0 Å². The Kier molecular flexibility index (Phi) is 2.07. The summed E-state index contributed by atoms with van der Waals surface area (Å²) in [6.07, 6.45) is 0. The van der Waals surface area contributed by atoms with Crippen LogP contribution in [0.1, 0.15) is 11.3 Å². The van der Waals surface area contributed by atoms with E-state index in [1.165, 1.54) is 0 Å². The third-order valence-corrected chi connectivity index (χ3v) is 2.42. The summed E-state index contributed by atoms with van der Waals surface area (Å²) in [5, 5.41) is 10.4. The van der Waals surface area contributed by atoms with Crippen molar-refractivity contribution < 1.29 is 4.42 Å². The average Bonchev–Trinajstić information content (AvgIpc) is 2.59. The fourth-order valence-corrected chi connectivity index (χ4v) is 1.55. The lowest BCUT2D eigenvalue weighted by Gasteiger charge is -1.88. The summed E-state index contributed by atoms with van der Waals surface area (Å²) in [5.41, 5.74) is 1.43. The van der Waals surface area contributed by atoms with Crippen molar-refractivity contribution in [3.63, 3.8) is 0 Å². The minimum atomic E-state index is 0.661. The molecule has 0 atom stereocenters. The molecule has 2 nitrogen and oxygen atoms in total. The summed E-state index contributed by atoms with van der Waals surface area (Å²) >= 11 is 3.31. The molecule has 0 saturated heterocycles. The van der Waals surface area contributed by atoms with Crippen molar-refractivity contribution in [3.05, 3.63) is 35.6 Å². The van der Waals surface area contributed by atoms with Crippen LogP contribution in [0.5, 0.6) is 0 Å². The number of halogens is 1. The van der Waals surface area contributed by atoms with Gasteiger partial charge in [-0.15, -0.1) is 0 Å².